The van der Waals surface area contributed by atoms with Gasteiger partial charge < -0.3 is 9.80 Å². The molecule has 2 aromatic rings. The lowest BCUT2D eigenvalue weighted by atomic mass is 10.1. The number of rotatable bonds is 8. The second kappa shape index (κ2) is 9.71. The molecule has 0 aliphatic carbocycles. The highest BCUT2D eigenvalue weighted by atomic mass is 32.2. The largest absolute Gasteiger partial charge is 0.342 e. The van der Waals surface area contributed by atoms with Gasteiger partial charge in [0, 0.05) is 31.4 Å². The summed E-state index contributed by atoms with van der Waals surface area (Å²) in [6, 6.07) is 9.10. The topological polar surface area (TPSA) is 86.8 Å². The molecule has 0 aliphatic heterocycles. The number of anilines is 1. The average molecular weight is 436 g/mol. The maximum Gasteiger partial charge on any atom is 0.261 e. The number of halogens is 1. The van der Waals surface area contributed by atoms with Crippen LogP contribution in [0.25, 0.3) is 0 Å². The van der Waals surface area contributed by atoms with Gasteiger partial charge in [0.15, 0.2) is 0 Å². The first kappa shape index (κ1) is 23.3. The molecule has 1 N–H and O–H groups in total. The normalized spacial score (nSPS) is 11.1. The summed E-state index contributed by atoms with van der Waals surface area (Å²) in [7, 11) is -2.49. The Morgan fingerprint density at radius 3 is 2.20 bits per heavy atom. The number of carbonyl (C=O) groups excluding carboxylic acids is 2. The Morgan fingerprint density at radius 1 is 1.03 bits per heavy atom. The minimum Gasteiger partial charge on any atom is -0.342 e. The van der Waals surface area contributed by atoms with Crippen LogP contribution in [0.2, 0.25) is 0 Å². The number of nitrogens with one attached hydrogen (secondary N) is 1. The van der Waals surface area contributed by atoms with Gasteiger partial charge in [0.1, 0.15) is 5.82 Å². The van der Waals surface area contributed by atoms with Crippen molar-refractivity contribution >= 4 is 27.5 Å². The number of amides is 2. The maximum absolute atomic E-state index is 13.0. The van der Waals surface area contributed by atoms with Crippen LogP contribution >= 0.6 is 0 Å². The first-order chi connectivity index (χ1) is 14.1. The molecule has 0 heterocycles. The predicted molar refractivity (Wildman–Crippen MR) is 113 cm³/mol. The standard InChI is InChI=1S/C21H26FN3O4S/c1-5-25(6-2)20(26)14-24(4)21(27)19-13-18(12-7-15(19)3)30(28,29)23-17-10-8-16(22)9-11-17/h7-13,23H,5-6,14H2,1-4H3. The molecule has 30 heavy (non-hydrogen) atoms. The van der Waals surface area contributed by atoms with Gasteiger partial charge in [0.05, 0.1) is 11.4 Å². The van der Waals surface area contributed by atoms with Crippen LogP contribution in [0, 0.1) is 12.7 Å². The summed E-state index contributed by atoms with van der Waals surface area (Å²) in [5.41, 5.74) is 0.974. The van der Waals surface area contributed by atoms with Crippen LogP contribution in [0.15, 0.2) is 47.4 Å². The van der Waals surface area contributed by atoms with Crippen molar-refractivity contribution in [2.24, 2.45) is 0 Å². The number of nitrogens with zero attached hydrogens (tertiary/aromatic N) is 2. The lowest BCUT2D eigenvalue weighted by Gasteiger charge is -2.23. The van der Waals surface area contributed by atoms with Crippen molar-refractivity contribution in [3.63, 3.8) is 0 Å². The number of carbonyl (C=O) groups is 2. The summed E-state index contributed by atoms with van der Waals surface area (Å²) in [6.07, 6.45) is 0. The minimum atomic E-state index is -3.99. The molecule has 0 spiro atoms. The van der Waals surface area contributed by atoms with Crippen LogP contribution in [0.3, 0.4) is 0 Å². The van der Waals surface area contributed by atoms with Gasteiger partial charge in [-0.3, -0.25) is 14.3 Å². The molecule has 7 nitrogen and oxygen atoms in total. The molecule has 0 bridgehead atoms. The van der Waals surface area contributed by atoms with Crippen molar-refractivity contribution in [3.8, 4) is 0 Å². The van der Waals surface area contributed by atoms with Gasteiger partial charge in [-0.15, -0.1) is 0 Å². The molecule has 0 radical (unpaired) electrons. The third kappa shape index (κ3) is 5.56. The van der Waals surface area contributed by atoms with Gasteiger partial charge in [-0.05, 0) is 62.7 Å². The number of likely N-dealkylation sites (N-methyl/N-ethyl adjacent to an activating group) is 2. The fourth-order valence-corrected chi connectivity index (χ4v) is 3.97. The van der Waals surface area contributed by atoms with Crippen molar-refractivity contribution in [1.29, 1.82) is 0 Å². The fraction of sp³-hybridized carbons (Fsp3) is 0.333. The molecule has 0 saturated heterocycles. The zero-order chi connectivity index (χ0) is 22.5. The Bertz CT molecular complexity index is 1020. The highest BCUT2D eigenvalue weighted by Crippen LogP contribution is 2.20. The molecule has 0 unspecified atom stereocenters. The van der Waals surface area contributed by atoms with Crippen LogP contribution in [-0.4, -0.2) is 56.7 Å². The minimum absolute atomic E-state index is 0.106. The van der Waals surface area contributed by atoms with E-state index in [1.54, 1.807) is 11.8 Å². The van der Waals surface area contributed by atoms with E-state index in [0.717, 1.165) is 12.1 Å². The quantitative estimate of drug-likeness (QED) is 0.691. The Kier molecular flexibility index (Phi) is 7.55. The highest BCUT2D eigenvalue weighted by Gasteiger charge is 2.22. The zero-order valence-electron chi connectivity index (χ0n) is 17.5. The first-order valence-corrected chi connectivity index (χ1v) is 11.0. The number of hydrogen-bond donors (Lipinski definition) is 1. The lowest BCUT2D eigenvalue weighted by molar-refractivity contribution is -0.131. The Hall–Kier alpha value is -2.94. The van der Waals surface area contributed by atoms with E-state index in [4.69, 9.17) is 0 Å². The van der Waals surface area contributed by atoms with Crippen molar-refractivity contribution in [3.05, 3.63) is 59.4 Å². The van der Waals surface area contributed by atoms with Gasteiger partial charge in [-0.2, -0.15) is 0 Å². The molecule has 162 valence electrons. The van der Waals surface area contributed by atoms with Gasteiger partial charge in [0.2, 0.25) is 5.91 Å². The number of sulfonamides is 1. The third-order valence-electron chi connectivity index (χ3n) is 4.68. The molecule has 0 aromatic heterocycles. The van der Waals surface area contributed by atoms with Crippen LogP contribution in [0.5, 0.6) is 0 Å². The Morgan fingerprint density at radius 2 is 1.63 bits per heavy atom. The fourth-order valence-electron chi connectivity index (χ4n) is 2.89. The third-order valence-corrected chi connectivity index (χ3v) is 6.06. The summed E-state index contributed by atoms with van der Waals surface area (Å²) in [6.45, 7) is 6.38. The molecule has 9 heteroatoms. The molecule has 2 aromatic carbocycles. The van der Waals surface area contributed by atoms with Crippen LogP contribution in [-0.2, 0) is 14.8 Å². The van der Waals surface area contributed by atoms with Gasteiger partial charge in [-0.1, -0.05) is 6.07 Å². The summed E-state index contributed by atoms with van der Waals surface area (Å²) < 4.78 is 40.8. The monoisotopic (exact) mass is 435 g/mol. The molecule has 0 atom stereocenters. The Labute approximate surface area is 176 Å². The first-order valence-electron chi connectivity index (χ1n) is 9.51. The van der Waals surface area contributed by atoms with E-state index in [0.29, 0.717) is 18.7 Å². The van der Waals surface area contributed by atoms with E-state index < -0.39 is 21.7 Å². The van der Waals surface area contributed by atoms with Crippen molar-refractivity contribution in [1.82, 2.24) is 9.80 Å². The van der Waals surface area contributed by atoms with Crippen molar-refractivity contribution in [2.45, 2.75) is 25.7 Å². The number of benzene rings is 2. The Balaban J connectivity index is 2.26. The van der Waals surface area contributed by atoms with E-state index in [2.05, 4.69) is 4.72 Å². The second-order valence-electron chi connectivity index (χ2n) is 6.82. The van der Waals surface area contributed by atoms with Crippen LogP contribution in [0.4, 0.5) is 10.1 Å². The van der Waals surface area contributed by atoms with E-state index in [1.165, 1.54) is 42.3 Å². The molecule has 0 fully saturated rings. The lowest BCUT2D eigenvalue weighted by Crippen LogP contribution is -2.41. The SMILES string of the molecule is CCN(CC)C(=O)CN(C)C(=O)c1cc(S(=O)(=O)Nc2ccc(F)cc2)ccc1C. The van der Waals surface area contributed by atoms with E-state index in [1.807, 2.05) is 13.8 Å². The van der Waals surface area contributed by atoms with Gasteiger partial charge >= 0.3 is 0 Å². The summed E-state index contributed by atoms with van der Waals surface area (Å²) in [5.74, 6) is -1.12. The molecule has 2 rings (SSSR count). The molecule has 0 aliphatic rings. The maximum atomic E-state index is 13.0. The second-order valence-corrected chi connectivity index (χ2v) is 8.50. The molecule has 2 amide bonds. The van der Waals surface area contributed by atoms with Gasteiger partial charge in [0.25, 0.3) is 15.9 Å². The van der Waals surface area contributed by atoms with Crippen molar-refractivity contribution in [2.75, 3.05) is 31.4 Å². The summed E-state index contributed by atoms with van der Waals surface area (Å²) >= 11 is 0. The van der Waals surface area contributed by atoms with Gasteiger partial charge in [-0.25, -0.2) is 12.8 Å². The molecular weight excluding hydrogens is 409 g/mol. The highest BCUT2D eigenvalue weighted by molar-refractivity contribution is 7.92. The summed E-state index contributed by atoms with van der Waals surface area (Å²) in [5, 5.41) is 0. The molecular formula is C21H26FN3O4S. The van der Waals surface area contributed by atoms with E-state index in [9.17, 15) is 22.4 Å². The average Bonchev–Trinajstić information content (AvgIpc) is 2.70. The van der Waals surface area contributed by atoms with Crippen molar-refractivity contribution < 1.29 is 22.4 Å². The van der Waals surface area contributed by atoms with Crippen LogP contribution in [0.1, 0.15) is 29.8 Å². The zero-order valence-corrected chi connectivity index (χ0v) is 18.3. The smallest absolute Gasteiger partial charge is 0.261 e. The summed E-state index contributed by atoms with van der Waals surface area (Å²) in [4.78, 5) is 27.9. The van der Waals surface area contributed by atoms with E-state index >= 15 is 0 Å². The van der Waals surface area contributed by atoms with E-state index in [-0.39, 0.29) is 28.6 Å². The van der Waals surface area contributed by atoms with Crippen LogP contribution < -0.4 is 4.72 Å². The number of hydrogen-bond acceptors (Lipinski definition) is 4. The molecule has 0 saturated carbocycles. The predicted octanol–water partition coefficient (Wildman–Crippen LogP) is 2.88. The number of aryl methyl sites for hydroxylation is 1.